The maximum atomic E-state index is 12.3. The molecule has 1 aliphatic rings. The fourth-order valence-electron chi connectivity index (χ4n) is 2.41. The molecule has 142 valence electrons. The largest absolute Gasteiger partial charge is 0.454 e. The molecule has 1 amide bonds. The van der Waals surface area contributed by atoms with Crippen LogP contribution in [0, 0.1) is 17.2 Å². The van der Waals surface area contributed by atoms with Crippen molar-refractivity contribution in [3.8, 4) is 17.6 Å². The highest BCUT2D eigenvalue weighted by atomic mass is 35.5. The molecule has 1 atom stereocenters. The van der Waals surface area contributed by atoms with Gasteiger partial charge in [0.05, 0.1) is 21.8 Å². The number of hydrogen-bond donors (Lipinski definition) is 1. The fourth-order valence-corrected chi connectivity index (χ4v) is 3.13. The van der Waals surface area contributed by atoms with Crippen LogP contribution in [0.3, 0.4) is 0 Å². The maximum absolute atomic E-state index is 12.3. The lowest BCUT2D eigenvalue weighted by molar-refractivity contribution is -0.126. The van der Waals surface area contributed by atoms with E-state index in [1.165, 1.54) is 24.3 Å². The van der Waals surface area contributed by atoms with Gasteiger partial charge in [-0.3, -0.25) is 9.59 Å². The van der Waals surface area contributed by atoms with Crippen LogP contribution in [0.25, 0.3) is 6.08 Å². The summed E-state index contributed by atoms with van der Waals surface area (Å²) in [6.45, 7) is 0.0606. The second-order valence-electron chi connectivity index (χ2n) is 5.65. The molecule has 1 N–H and O–H groups in total. The van der Waals surface area contributed by atoms with Gasteiger partial charge in [0, 0.05) is 5.02 Å². The predicted octanol–water partition coefficient (Wildman–Crippen LogP) is 4.74. The number of fused-ring (bicyclic) bond motifs is 1. The van der Waals surface area contributed by atoms with Gasteiger partial charge >= 0.3 is 0 Å². The van der Waals surface area contributed by atoms with Crippen LogP contribution in [0.5, 0.6) is 11.5 Å². The average Bonchev–Trinajstić information content (AvgIpc) is 3.12. The lowest BCUT2D eigenvalue weighted by Crippen LogP contribution is -2.27. The predicted molar refractivity (Wildman–Crippen MR) is 106 cm³/mol. The average molecular weight is 438 g/mol. The highest BCUT2D eigenvalue weighted by molar-refractivity contribution is 6.37. The first-order chi connectivity index (χ1) is 13.4. The van der Waals surface area contributed by atoms with E-state index >= 15 is 0 Å². The molecule has 3 rings (SSSR count). The molecule has 6 nitrogen and oxygen atoms in total. The van der Waals surface area contributed by atoms with Crippen LogP contribution in [0.2, 0.25) is 15.1 Å². The number of halogens is 3. The molecule has 0 saturated heterocycles. The number of ether oxygens (including phenoxy) is 2. The molecular formula is C19H11Cl3N2O4. The van der Waals surface area contributed by atoms with Gasteiger partial charge < -0.3 is 14.8 Å². The standard InChI is InChI=1S/C19H11Cl3N2O4/c20-11-2-3-15(13(21)7-11)24-19(26)12(8-23)16(25)4-1-10-5-14(22)18-17(6-10)27-9-28-18/h1-7,12H,9H2,(H,24,26)/b4-1+. The molecule has 0 bridgehead atoms. The Morgan fingerprint density at radius 2 is 1.93 bits per heavy atom. The maximum Gasteiger partial charge on any atom is 0.249 e. The molecule has 2 aromatic rings. The summed E-state index contributed by atoms with van der Waals surface area (Å²) in [5.74, 6) is -2.16. The van der Waals surface area contributed by atoms with Gasteiger partial charge in [-0.1, -0.05) is 40.9 Å². The highest BCUT2D eigenvalue weighted by Crippen LogP contribution is 2.40. The van der Waals surface area contributed by atoms with E-state index < -0.39 is 17.6 Å². The normalized spacial score (nSPS) is 13.2. The van der Waals surface area contributed by atoms with E-state index in [1.807, 2.05) is 0 Å². The number of anilines is 1. The molecule has 2 aromatic carbocycles. The molecule has 0 aromatic heterocycles. The number of ketones is 1. The number of nitriles is 1. The van der Waals surface area contributed by atoms with Gasteiger partial charge in [0.1, 0.15) is 0 Å². The Labute approximate surface area is 175 Å². The SMILES string of the molecule is N#CC(C(=O)/C=C/c1cc(Cl)c2c(c1)OCO2)C(=O)Nc1ccc(Cl)cc1Cl. The van der Waals surface area contributed by atoms with Crippen molar-refractivity contribution in [1.82, 2.24) is 0 Å². The second kappa shape index (κ2) is 8.53. The second-order valence-corrected chi connectivity index (χ2v) is 6.90. The Hall–Kier alpha value is -2.72. The van der Waals surface area contributed by atoms with Crippen LogP contribution in [-0.2, 0) is 9.59 Å². The number of allylic oxidation sites excluding steroid dienone is 1. The first kappa shape index (κ1) is 20.0. The number of carbonyl (C=O) groups excluding carboxylic acids is 2. The Balaban J connectivity index is 1.73. The van der Waals surface area contributed by atoms with Crippen molar-refractivity contribution >= 4 is 58.3 Å². The van der Waals surface area contributed by atoms with Crippen LogP contribution in [0.15, 0.2) is 36.4 Å². The topological polar surface area (TPSA) is 88.4 Å². The summed E-state index contributed by atoms with van der Waals surface area (Å²) in [5, 5.41) is 12.6. The van der Waals surface area contributed by atoms with E-state index in [0.717, 1.165) is 6.08 Å². The van der Waals surface area contributed by atoms with E-state index in [9.17, 15) is 14.9 Å². The molecule has 1 unspecified atom stereocenters. The van der Waals surface area contributed by atoms with Crippen molar-refractivity contribution in [3.05, 3.63) is 57.0 Å². The van der Waals surface area contributed by atoms with Crippen molar-refractivity contribution < 1.29 is 19.1 Å². The molecule has 0 fully saturated rings. The lowest BCUT2D eigenvalue weighted by atomic mass is 10.0. The molecule has 0 radical (unpaired) electrons. The first-order valence-corrected chi connectivity index (χ1v) is 8.99. The summed E-state index contributed by atoms with van der Waals surface area (Å²) in [6.07, 6.45) is 2.56. The minimum absolute atomic E-state index is 0.0606. The smallest absolute Gasteiger partial charge is 0.249 e. The van der Waals surface area contributed by atoms with Gasteiger partial charge in [-0.2, -0.15) is 5.26 Å². The quantitative estimate of drug-likeness (QED) is 0.539. The summed E-state index contributed by atoms with van der Waals surface area (Å²) in [7, 11) is 0. The van der Waals surface area contributed by atoms with Gasteiger partial charge in [0.15, 0.2) is 23.2 Å². The van der Waals surface area contributed by atoms with E-state index in [2.05, 4.69) is 5.32 Å². The van der Waals surface area contributed by atoms with E-state index in [-0.39, 0.29) is 17.5 Å². The molecular weight excluding hydrogens is 427 g/mol. The van der Waals surface area contributed by atoms with E-state index in [1.54, 1.807) is 18.2 Å². The van der Waals surface area contributed by atoms with Gasteiger partial charge in [-0.25, -0.2) is 0 Å². The van der Waals surface area contributed by atoms with Gasteiger partial charge in [-0.05, 0) is 42.0 Å². The first-order valence-electron chi connectivity index (χ1n) is 7.85. The lowest BCUT2D eigenvalue weighted by Gasteiger charge is -2.09. The van der Waals surface area contributed by atoms with Gasteiger partial charge in [0.2, 0.25) is 12.7 Å². The summed E-state index contributed by atoms with van der Waals surface area (Å²) in [4.78, 5) is 24.6. The van der Waals surface area contributed by atoms with Crippen LogP contribution >= 0.6 is 34.8 Å². The Morgan fingerprint density at radius 3 is 2.64 bits per heavy atom. The molecule has 0 spiro atoms. The molecule has 0 saturated carbocycles. The van der Waals surface area contributed by atoms with Crippen LogP contribution in [0.4, 0.5) is 5.69 Å². The number of nitrogens with zero attached hydrogens (tertiary/aromatic N) is 1. The molecule has 1 aliphatic heterocycles. The van der Waals surface area contributed by atoms with E-state index in [0.29, 0.717) is 27.1 Å². The minimum Gasteiger partial charge on any atom is -0.454 e. The number of amides is 1. The number of carbonyl (C=O) groups is 2. The number of benzene rings is 2. The minimum atomic E-state index is -1.55. The highest BCUT2D eigenvalue weighted by Gasteiger charge is 2.25. The number of rotatable bonds is 5. The van der Waals surface area contributed by atoms with Crippen LogP contribution in [-0.4, -0.2) is 18.5 Å². The Bertz CT molecular complexity index is 1030. The Kier molecular flexibility index (Phi) is 6.10. The zero-order chi connectivity index (χ0) is 20.3. The summed E-state index contributed by atoms with van der Waals surface area (Å²) in [6, 6.07) is 9.34. The molecule has 9 heteroatoms. The van der Waals surface area contributed by atoms with E-state index in [4.69, 9.17) is 44.3 Å². The monoisotopic (exact) mass is 436 g/mol. The zero-order valence-corrected chi connectivity index (χ0v) is 16.3. The van der Waals surface area contributed by atoms with Crippen LogP contribution < -0.4 is 14.8 Å². The van der Waals surface area contributed by atoms with Gasteiger partial charge in [-0.15, -0.1) is 0 Å². The van der Waals surface area contributed by atoms with Crippen LogP contribution in [0.1, 0.15) is 5.56 Å². The molecule has 1 heterocycles. The van der Waals surface area contributed by atoms with Crippen molar-refractivity contribution in [2.24, 2.45) is 5.92 Å². The molecule has 28 heavy (non-hydrogen) atoms. The third kappa shape index (κ3) is 4.39. The number of hydrogen-bond acceptors (Lipinski definition) is 5. The summed E-state index contributed by atoms with van der Waals surface area (Å²) in [5.41, 5.74) is 0.802. The zero-order valence-electron chi connectivity index (χ0n) is 14.0. The van der Waals surface area contributed by atoms with Crippen molar-refractivity contribution in [1.29, 1.82) is 5.26 Å². The Morgan fingerprint density at radius 1 is 1.14 bits per heavy atom. The third-order valence-electron chi connectivity index (χ3n) is 3.75. The fraction of sp³-hybridized carbons (Fsp3) is 0.105. The van der Waals surface area contributed by atoms with Crippen molar-refractivity contribution in [3.63, 3.8) is 0 Å². The third-order valence-corrected chi connectivity index (χ3v) is 4.58. The molecule has 0 aliphatic carbocycles. The summed E-state index contributed by atoms with van der Waals surface area (Å²) < 4.78 is 10.5. The van der Waals surface area contributed by atoms with Gasteiger partial charge in [0.25, 0.3) is 0 Å². The van der Waals surface area contributed by atoms with Crippen molar-refractivity contribution in [2.45, 2.75) is 0 Å². The number of nitrogens with one attached hydrogen (secondary N) is 1. The van der Waals surface area contributed by atoms with Crippen molar-refractivity contribution in [2.75, 3.05) is 12.1 Å². The summed E-state index contributed by atoms with van der Waals surface area (Å²) >= 11 is 17.9.